The van der Waals surface area contributed by atoms with Crippen LogP contribution in [0.25, 0.3) is 0 Å². The molecule has 1 atom stereocenters. The maximum atomic E-state index is 13.3. The van der Waals surface area contributed by atoms with Gasteiger partial charge in [-0.05, 0) is 24.8 Å². The predicted octanol–water partition coefficient (Wildman–Crippen LogP) is 3.33. The molecular formula is C11H13ClF3N. The topological polar surface area (TPSA) is 26.0 Å². The van der Waals surface area contributed by atoms with Gasteiger partial charge in [0.1, 0.15) is 0 Å². The molecule has 16 heavy (non-hydrogen) atoms. The van der Waals surface area contributed by atoms with Crippen LogP contribution in [0.4, 0.5) is 13.2 Å². The molecule has 2 N–H and O–H groups in total. The highest BCUT2D eigenvalue weighted by Gasteiger charge is 2.28. The van der Waals surface area contributed by atoms with Crippen LogP contribution in [0.2, 0.25) is 0 Å². The van der Waals surface area contributed by atoms with Crippen molar-refractivity contribution in [1.82, 2.24) is 0 Å². The van der Waals surface area contributed by atoms with E-state index >= 15 is 0 Å². The molecule has 1 nitrogen and oxygen atoms in total. The quantitative estimate of drug-likeness (QED) is 0.802. The van der Waals surface area contributed by atoms with E-state index in [1.54, 1.807) is 0 Å². The van der Waals surface area contributed by atoms with Crippen molar-refractivity contribution in [3.05, 3.63) is 35.1 Å². The zero-order chi connectivity index (χ0) is 11.0. The lowest BCUT2D eigenvalue weighted by molar-refractivity contribution is 0.258. The molecular weight excluding hydrogens is 239 g/mol. The van der Waals surface area contributed by atoms with Crippen LogP contribution in [0, 0.1) is 23.4 Å². The smallest absolute Gasteiger partial charge is 0.194 e. The monoisotopic (exact) mass is 251 g/mol. The molecule has 0 radical (unpaired) electrons. The first-order valence-corrected chi connectivity index (χ1v) is 5.00. The molecule has 1 aliphatic rings. The third-order valence-corrected chi connectivity index (χ3v) is 3.08. The molecule has 0 amide bonds. The van der Waals surface area contributed by atoms with Crippen LogP contribution in [-0.2, 0) is 0 Å². The Morgan fingerprint density at radius 2 is 1.75 bits per heavy atom. The Bertz CT molecular complexity index is 380. The molecule has 0 heterocycles. The number of halogens is 4. The van der Waals surface area contributed by atoms with Gasteiger partial charge in [0.15, 0.2) is 17.5 Å². The molecule has 1 aromatic rings. The Balaban J connectivity index is 0.00000128. The first-order chi connectivity index (χ1) is 7.11. The van der Waals surface area contributed by atoms with E-state index in [2.05, 4.69) is 0 Å². The lowest BCUT2D eigenvalue weighted by Gasteiger charge is -2.31. The van der Waals surface area contributed by atoms with E-state index in [4.69, 9.17) is 5.73 Å². The second kappa shape index (κ2) is 5.06. The van der Waals surface area contributed by atoms with Gasteiger partial charge >= 0.3 is 0 Å². The summed E-state index contributed by atoms with van der Waals surface area (Å²) < 4.78 is 38.9. The van der Waals surface area contributed by atoms with E-state index in [9.17, 15) is 13.2 Å². The second-order valence-corrected chi connectivity index (χ2v) is 3.98. The molecule has 0 unspecified atom stereocenters. The molecule has 1 saturated carbocycles. The largest absolute Gasteiger partial charge is 0.324 e. The lowest BCUT2D eigenvalue weighted by atomic mass is 9.77. The van der Waals surface area contributed by atoms with Crippen LogP contribution in [0.1, 0.15) is 30.9 Å². The standard InChI is InChI=1S/C11H12F3N.ClH/c12-8-5-4-7(9(13)10(8)14)11(15)6-2-1-3-6;/h4-6,11H,1-3,15H2;1H/t11-;/m0./s1. The highest BCUT2D eigenvalue weighted by Crippen LogP contribution is 2.37. The summed E-state index contributed by atoms with van der Waals surface area (Å²) in [7, 11) is 0. The van der Waals surface area contributed by atoms with Gasteiger partial charge in [-0.25, -0.2) is 13.2 Å². The minimum atomic E-state index is -1.43. The molecule has 0 bridgehead atoms. The highest BCUT2D eigenvalue weighted by molar-refractivity contribution is 5.85. The summed E-state index contributed by atoms with van der Waals surface area (Å²) in [4.78, 5) is 0. The van der Waals surface area contributed by atoms with E-state index in [-0.39, 0.29) is 23.9 Å². The van der Waals surface area contributed by atoms with Crippen LogP contribution in [-0.4, -0.2) is 0 Å². The van der Waals surface area contributed by atoms with Gasteiger partial charge < -0.3 is 5.73 Å². The molecule has 2 rings (SSSR count). The second-order valence-electron chi connectivity index (χ2n) is 3.98. The number of hydrogen-bond donors (Lipinski definition) is 1. The molecule has 0 spiro atoms. The van der Waals surface area contributed by atoms with Crippen LogP contribution >= 0.6 is 12.4 Å². The van der Waals surface area contributed by atoms with Gasteiger partial charge in [0.2, 0.25) is 0 Å². The molecule has 0 saturated heterocycles. The average molecular weight is 252 g/mol. The Morgan fingerprint density at radius 1 is 1.12 bits per heavy atom. The SMILES string of the molecule is Cl.N[C@H](c1ccc(F)c(F)c1F)C1CCC1. The maximum absolute atomic E-state index is 13.3. The summed E-state index contributed by atoms with van der Waals surface area (Å²) >= 11 is 0. The van der Waals surface area contributed by atoms with Gasteiger partial charge in [0, 0.05) is 11.6 Å². The van der Waals surface area contributed by atoms with Crippen LogP contribution in [0.5, 0.6) is 0 Å². The van der Waals surface area contributed by atoms with Crippen molar-refractivity contribution in [2.45, 2.75) is 25.3 Å². The molecule has 1 fully saturated rings. The maximum Gasteiger partial charge on any atom is 0.194 e. The zero-order valence-corrected chi connectivity index (χ0v) is 9.37. The zero-order valence-electron chi connectivity index (χ0n) is 8.55. The molecule has 0 aromatic heterocycles. The minimum absolute atomic E-state index is 0. The van der Waals surface area contributed by atoms with E-state index < -0.39 is 23.5 Å². The Kier molecular flexibility index (Phi) is 4.21. The molecule has 1 aromatic carbocycles. The molecule has 1 aliphatic carbocycles. The summed E-state index contributed by atoms with van der Waals surface area (Å²) in [5, 5.41) is 0. The van der Waals surface area contributed by atoms with Gasteiger partial charge in [0.25, 0.3) is 0 Å². The van der Waals surface area contributed by atoms with Gasteiger partial charge in [-0.3, -0.25) is 0 Å². The van der Waals surface area contributed by atoms with Crippen LogP contribution in [0.3, 0.4) is 0 Å². The Hall–Kier alpha value is -0.740. The normalized spacial score (nSPS) is 17.5. The van der Waals surface area contributed by atoms with E-state index in [1.165, 1.54) is 6.07 Å². The summed E-state index contributed by atoms with van der Waals surface area (Å²) in [5.74, 6) is -3.54. The third kappa shape index (κ3) is 2.18. The fourth-order valence-corrected chi connectivity index (χ4v) is 1.85. The molecule has 0 aliphatic heterocycles. The first-order valence-electron chi connectivity index (χ1n) is 5.00. The summed E-state index contributed by atoms with van der Waals surface area (Å²) in [6.07, 6.45) is 2.93. The van der Waals surface area contributed by atoms with Crippen molar-refractivity contribution >= 4 is 12.4 Å². The van der Waals surface area contributed by atoms with Gasteiger partial charge in [-0.15, -0.1) is 12.4 Å². The van der Waals surface area contributed by atoms with E-state index in [1.807, 2.05) is 0 Å². The van der Waals surface area contributed by atoms with Gasteiger partial charge in [-0.2, -0.15) is 0 Å². The van der Waals surface area contributed by atoms with E-state index in [0.717, 1.165) is 25.3 Å². The van der Waals surface area contributed by atoms with Gasteiger partial charge in [-0.1, -0.05) is 12.5 Å². The number of hydrogen-bond acceptors (Lipinski definition) is 1. The lowest BCUT2D eigenvalue weighted by Crippen LogP contribution is -2.28. The number of benzene rings is 1. The van der Waals surface area contributed by atoms with Crippen molar-refractivity contribution < 1.29 is 13.2 Å². The van der Waals surface area contributed by atoms with Crippen molar-refractivity contribution in [1.29, 1.82) is 0 Å². The average Bonchev–Trinajstić information content (AvgIpc) is 2.11. The van der Waals surface area contributed by atoms with Crippen LogP contribution in [0.15, 0.2) is 12.1 Å². The summed E-state index contributed by atoms with van der Waals surface area (Å²) in [6, 6.07) is 1.64. The number of nitrogens with two attached hydrogens (primary N) is 1. The summed E-state index contributed by atoms with van der Waals surface area (Å²) in [6.45, 7) is 0. The van der Waals surface area contributed by atoms with Crippen LogP contribution < -0.4 is 5.73 Å². The Morgan fingerprint density at radius 3 is 2.25 bits per heavy atom. The van der Waals surface area contributed by atoms with E-state index in [0.29, 0.717) is 0 Å². The van der Waals surface area contributed by atoms with Crippen molar-refractivity contribution in [2.75, 3.05) is 0 Å². The first kappa shape index (κ1) is 13.3. The summed E-state index contributed by atoms with van der Waals surface area (Å²) in [5.41, 5.74) is 5.87. The van der Waals surface area contributed by atoms with Crippen molar-refractivity contribution in [2.24, 2.45) is 11.7 Å². The fourth-order valence-electron chi connectivity index (χ4n) is 1.85. The van der Waals surface area contributed by atoms with Gasteiger partial charge in [0.05, 0.1) is 0 Å². The minimum Gasteiger partial charge on any atom is -0.324 e. The molecule has 5 heteroatoms. The van der Waals surface area contributed by atoms with Crippen molar-refractivity contribution in [3.8, 4) is 0 Å². The Labute approximate surface area is 98.2 Å². The third-order valence-electron chi connectivity index (χ3n) is 3.08. The number of rotatable bonds is 2. The highest BCUT2D eigenvalue weighted by atomic mass is 35.5. The predicted molar refractivity (Wildman–Crippen MR) is 57.8 cm³/mol. The molecule has 90 valence electrons. The fraction of sp³-hybridized carbons (Fsp3) is 0.455. The van der Waals surface area contributed by atoms with Crippen molar-refractivity contribution in [3.63, 3.8) is 0 Å².